The van der Waals surface area contributed by atoms with Crippen molar-refractivity contribution in [3.8, 4) is 5.75 Å². The first-order chi connectivity index (χ1) is 13.4. The van der Waals surface area contributed by atoms with Crippen molar-refractivity contribution >= 4 is 0 Å². The van der Waals surface area contributed by atoms with Crippen LogP contribution in [0.2, 0.25) is 0 Å². The number of nitrogens with zero attached hydrogens (tertiary/aromatic N) is 2. The quantitative estimate of drug-likeness (QED) is 0.774. The first-order valence-electron chi connectivity index (χ1n) is 9.55. The molecule has 0 radical (unpaired) electrons. The number of benzene rings is 1. The average Bonchev–Trinajstić information content (AvgIpc) is 2.71. The van der Waals surface area contributed by atoms with Crippen LogP contribution in [0.25, 0.3) is 0 Å². The molecule has 28 heavy (non-hydrogen) atoms. The van der Waals surface area contributed by atoms with Crippen LogP contribution in [-0.4, -0.2) is 42.7 Å². The van der Waals surface area contributed by atoms with Crippen LogP contribution in [0, 0.1) is 0 Å². The number of methoxy groups -OCH3 is 1. The fraction of sp³-hybridized carbons (Fsp3) is 0.476. The molecule has 2 aromatic rings. The molecule has 0 bridgehead atoms. The van der Waals surface area contributed by atoms with Crippen molar-refractivity contribution in [3.63, 3.8) is 0 Å². The van der Waals surface area contributed by atoms with Crippen molar-refractivity contribution in [2.24, 2.45) is 0 Å². The number of hydrogen-bond acceptors (Lipinski definition) is 4. The molecule has 1 aromatic heterocycles. The molecule has 2 heterocycles. The topological polar surface area (TPSA) is 37.4 Å². The van der Waals surface area contributed by atoms with Gasteiger partial charge in [0.1, 0.15) is 11.4 Å². The summed E-state index contributed by atoms with van der Waals surface area (Å²) in [7, 11) is 1.67. The van der Waals surface area contributed by atoms with Gasteiger partial charge >= 0.3 is 6.18 Å². The van der Waals surface area contributed by atoms with Gasteiger partial charge in [0.25, 0.3) is 0 Å². The van der Waals surface area contributed by atoms with Gasteiger partial charge in [-0.05, 0) is 61.7 Å². The molecule has 1 aliphatic rings. The lowest BCUT2D eigenvalue weighted by atomic mass is 10.0. The summed E-state index contributed by atoms with van der Waals surface area (Å²) in [6.45, 7) is 3.63. The van der Waals surface area contributed by atoms with Crippen molar-refractivity contribution in [1.29, 1.82) is 0 Å². The monoisotopic (exact) mass is 393 g/mol. The molecule has 0 unspecified atom stereocenters. The Kier molecular flexibility index (Phi) is 6.91. The van der Waals surface area contributed by atoms with Crippen LogP contribution < -0.4 is 10.1 Å². The molecule has 0 spiro atoms. The zero-order chi connectivity index (χ0) is 20.0. The van der Waals surface area contributed by atoms with Crippen molar-refractivity contribution in [1.82, 2.24) is 15.2 Å². The fourth-order valence-electron chi connectivity index (χ4n) is 3.40. The van der Waals surface area contributed by atoms with Gasteiger partial charge in [-0.2, -0.15) is 13.2 Å². The van der Waals surface area contributed by atoms with Crippen LogP contribution in [0.15, 0.2) is 42.6 Å². The second kappa shape index (κ2) is 9.39. The number of likely N-dealkylation sites (tertiary alicyclic amines) is 1. The number of hydrogen-bond donors (Lipinski definition) is 1. The molecule has 7 heteroatoms. The van der Waals surface area contributed by atoms with E-state index in [-0.39, 0.29) is 0 Å². The zero-order valence-electron chi connectivity index (χ0n) is 16.0. The van der Waals surface area contributed by atoms with Gasteiger partial charge in [0.15, 0.2) is 0 Å². The Morgan fingerprint density at radius 3 is 2.32 bits per heavy atom. The van der Waals surface area contributed by atoms with Crippen molar-refractivity contribution in [2.75, 3.05) is 26.7 Å². The van der Waals surface area contributed by atoms with E-state index in [2.05, 4.69) is 27.3 Å². The van der Waals surface area contributed by atoms with Crippen LogP contribution in [0.5, 0.6) is 5.75 Å². The SMILES string of the molecule is COc1ccc(CCN2CCC(NCc3ccc(C(F)(F)F)nc3)CC2)cc1. The van der Waals surface area contributed by atoms with E-state index in [1.54, 1.807) is 7.11 Å². The lowest BCUT2D eigenvalue weighted by molar-refractivity contribution is -0.141. The molecule has 0 saturated carbocycles. The number of rotatable bonds is 7. The molecule has 1 N–H and O–H groups in total. The number of aromatic nitrogens is 1. The first-order valence-corrected chi connectivity index (χ1v) is 9.55. The summed E-state index contributed by atoms with van der Waals surface area (Å²) in [6.07, 6.45) is 0.0110. The van der Waals surface area contributed by atoms with Gasteiger partial charge in [0.05, 0.1) is 7.11 Å². The minimum atomic E-state index is -4.38. The summed E-state index contributed by atoms with van der Waals surface area (Å²) < 4.78 is 42.8. The summed E-state index contributed by atoms with van der Waals surface area (Å²) in [4.78, 5) is 5.97. The minimum Gasteiger partial charge on any atom is -0.497 e. The number of pyridine rings is 1. The number of piperidine rings is 1. The van der Waals surface area contributed by atoms with E-state index in [1.807, 2.05) is 12.1 Å². The largest absolute Gasteiger partial charge is 0.497 e. The summed E-state index contributed by atoms with van der Waals surface area (Å²) in [5.41, 5.74) is 1.23. The Bertz CT molecular complexity index is 724. The van der Waals surface area contributed by atoms with Crippen LogP contribution in [0.4, 0.5) is 13.2 Å². The number of ether oxygens (including phenoxy) is 1. The van der Waals surface area contributed by atoms with E-state index in [0.717, 1.165) is 56.3 Å². The second-order valence-electron chi connectivity index (χ2n) is 7.14. The third-order valence-corrected chi connectivity index (χ3v) is 5.17. The van der Waals surface area contributed by atoms with E-state index in [4.69, 9.17) is 4.74 Å². The summed E-state index contributed by atoms with van der Waals surface area (Å²) >= 11 is 0. The minimum absolute atomic E-state index is 0.388. The molecular weight excluding hydrogens is 367 g/mol. The van der Waals surface area contributed by atoms with E-state index in [1.165, 1.54) is 17.8 Å². The normalized spacial score (nSPS) is 16.3. The average molecular weight is 393 g/mol. The van der Waals surface area contributed by atoms with Gasteiger partial charge in [0.2, 0.25) is 0 Å². The van der Waals surface area contributed by atoms with Gasteiger partial charge in [-0.15, -0.1) is 0 Å². The molecular formula is C21H26F3N3O. The van der Waals surface area contributed by atoms with Crippen molar-refractivity contribution in [2.45, 2.75) is 38.0 Å². The Balaban J connectivity index is 1.37. The van der Waals surface area contributed by atoms with Crippen molar-refractivity contribution in [3.05, 3.63) is 59.4 Å². The third kappa shape index (κ3) is 5.94. The smallest absolute Gasteiger partial charge is 0.433 e. The zero-order valence-corrected chi connectivity index (χ0v) is 16.0. The Hall–Kier alpha value is -2.12. The molecule has 1 saturated heterocycles. The number of halogens is 3. The van der Waals surface area contributed by atoms with E-state index in [0.29, 0.717) is 12.6 Å². The maximum atomic E-state index is 12.5. The molecule has 1 fully saturated rings. The standard InChI is InChI=1S/C21H26F3N3O/c1-28-19-5-2-16(3-6-19)8-11-27-12-9-18(10-13-27)25-14-17-4-7-20(26-15-17)21(22,23)24/h2-7,15,18,25H,8-14H2,1H3. The van der Waals surface area contributed by atoms with Crippen molar-refractivity contribution < 1.29 is 17.9 Å². The van der Waals surface area contributed by atoms with Gasteiger partial charge in [-0.25, -0.2) is 0 Å². The molecule has 4 nitrogen and oxygen atoms in total. The van der Waals surface area contributed by atoms with Crippen LogP contribution >= 0.6 is 0 Å². The Morgan fingerprint density at radius 2 is 1.75 bits per heavy atom. The van der Waals surface area contributed by atoms with Crippen LogP contribution in [0.1, 0.15) is 29.7 Å². The van der Waals surface area contributed by atoms with E-state index < -0.39 is 11.9 Å². The summed E-state index contributed by atoms with van der Waals surface area (Å²) in [5.74, 6) is 0.874. The number of nitrogens with one attached hydrogen (secondary N) is 1. The summed E-state index contributed by atoms with van der Waals surface area (Å²) in [6, 6.07) is 11.1. The van der Waals surface area contributed by atoms with Crippen LogP contribution in [-0.2, 0) is 19.1 Å². The van der Waals surface area contributed by atoms with Gasteiger partial charge in [0, 0.05) is 25.3 Å². The lowest BCUT2D eigenvalue weighted by Gasteiger charge is -2.32. The highest BCUT2D eigenvalue weighted by atomic mass is 19.4. The highest BCUT2D eigenvalue weighted by molar-refractivity contribution is 5.27. The van der Waals surface area contributed by atoms with E-state index in [9.17, 15) is 13.2 Å². The molecule has 0 amide bonds. The van der Waals surface area contributed by atoms with Gasteiger partial charge in [-0.3, -0.25) is 4.98 Å². The highest BCUT2D eigenvalue weighted by Crippen LogP contribution is 2.27. The third-order valence-electron chi connectivity index (χ3n) is 5.17. The Labute approximate surface area is 163 Å². The maximum absolute atomic E-state index is 12.5. The Morgan fingerprint density at radius 1 is 1.07 bits per heavy atom. The predicted molar refractivity (Wildman–Crippen MR) is 102 cm³/mol. The van der Waals surface area contributed by atoms with E-state index >= 15 is 0 Å². The predicted octanol–water partition coefficient (Wildman–Crippen LogP) is 3.91. The highest BCUT2D eigenvalue weighted by Gasteiger charge is 2.32. The molecule has 152 valence electrons. The summed E-state index contributed by atoms with van der Waals surface area (Å²) in [5, 5.41) is 3.44. The molecule has 3 rings (SSSR count). The molecule has 1 aliphatic heterocycles. The van der Waals surface area contributed by atoms with Gasteiger partial charge < -0.3 is 15.0 Å². The first kappa shape index (κ1) is 20.6. The fourth-order valence-corrected chi connectivity index (χ4v) is 3.40. The number of alkyl halides is 3. The maximum Gasteiger partial charge on any atom is 0.433 e. The molecule has 1 aromatic carbocycles. The second-order valence-corrected chi connectivity index (χ2v) is 7.14. The molecule has 0 atom stereocenters. The van der Waals surface area contributed by atoms with Gasteiger partial charge in [-0.1, -0.05) is 18.2 Å². The lowest BCUT2D eigenvalue weighted by Crippen LogP contribution is -2.42. The van der Waals surface area contributed by atoms with Crippen LogP contribution in [0.3, 0.4) is 0 Å². The molecule has 0 aliphatic carbocycles.